The number of thiophene rings is 1. The Morgan fingerprint density at radius 2 is 1.69 bits per heavy atom. The number of likely N-dealkylation sites (N-methyl/N-ethyl adjacent to an activating group) is 1. The van der Waals surface area contributed by atoms with E-state index < -0.39 is 11.9 Å². The Bertz CT molecular complexity index is 2010. The number of nitrogens with one attached hydrogen (secondary N) is 1. The minimum absolute atomic E-state index is 0.0412. The highest BCUT2D eigenvalue weighted by atomic mass is 32.1. The van der Waals surface area contributed by atoms with Gasteiger partial charge in [-0.15, -0.1) is 11.3 Å². The third kappa shape index (κ3) is 9.69. The number of carbonyl (C=O) groups is 5. The van der Waals surface area contributed by atoms with Crippen molar-refractivity contribution in [3.8, 4) is 5.69 Å². The highest BCUT2D eigenvalue weighted by Crippen LogP contribution is 2.44. The van der Waals surface area contributed by atoms with Crippen molar-refractivity contribution in [3.63, 3.8) is 0 Å². The van der Waals surface area contributed by atoms with E-state index in [4.69, 9.17) is 5.11 Å². The molecule has 1 aliphatic carbocycles. The summed E-state index contributed by atoms with van der Waals surface area (Å²) in [5, 5.41) is 26.2. The first-order valence-electron chi connectivity index (χ1n) is 18.4. The van der Waals surface area contributed by atoms with Gasteiger partial charge in [0, 0.05) is 55.8 Å². The smallest absolute Gasteiger partial charge is 0.335 e. The maximum atomic E-state index is 14.2. The molecule has 0 aliphatic heterocycles. The number of nitrogens with zero attached hydrogens (tertiary/aromatic N) is 4. The third-order valence-corrected chi connectivity index (χ3v) is 11.3. The molecule has 2 heterocycles. The molecule has 0 unspecified atom stereocenters. The van der Waals surface area contributed by atoms with Gasteiger partial charge in [0.15, 0.2) is 5.78 Å². The first-order chi connectivity index (χ1) is 25.7. The van der Waals surface area contributed by atoms with Crippen LogP contribution < -0.4 is 5.32 Å². The molecule has 0 spiro atoms. The maximum absolute atomic E-state index is 14.2. The highest BCUT2D eigenvalue weighted by Gasteiger charge is 2.34. The normalized spacial score (nSPS) is 13.5. The number of aliphatic carboxylic acids is 1. The first kappa shape index (κ1) is 40.1. The number of benzene rings is 2. The molecule has 5 rings (SSSR count). The summed E-state index contributed by atoms with van der Waals surface area (Å²) in [5.74, 6) is -2.80. The van der Waals surface area contributed by atoms with Crippen LogP contribution in [0.4, 0.5) is 5.00 Å². The minimum Gasteiger partial charge on any atom is -0.481 e. The zero-order chi connectivity index (χ0) is 39.2. The van der Waals surface area contributed by atoms with E-state index >= 15 is 0 Å². The third-order valence-electron chi connectivity index (χ3n) is 10.2. The molecule has 13 heteroatoms. The number of carboxylic acids is 2. The molecule has 0 atom stereocenters. The quantitative estimate of drug-likeness (QED) is 0.0969. The molecule has 0 bridgehead atoms. The average Bonchev–Trinajstić information content (AvgIpc) is 3.77. The molecule has 0 radical (unpaired) electrons. The number of hydrogen-bond donors (Lipinski definition) is 3. The summed E-state index contributed by atoms with van der Waals surface area (Å²) in [6.07, 6.45) is 7.09. The Balaban J connectivity index is 1.37. The van der Waals surface area contributed by atoms with Crippen LogP contribution in [0.15, 0.2) is 60.9 Å². The van der Waals surface area contributed by atoms with Gasteiger partial charge in [0.05, 0.1) is 35.0 Å². The van der Waals surface area contributed by atoms with Gasteiger partial charge in [0.1, 0.15) is 5.00 Å². The number of carboxylic acid groups (broad SMARTS) is 2. The summed E-state index contributed by atoms with van der Waals surface area (Å²) < 4.78 is 1.53. The second kappa shape index (κ2) is 17.3. The van der Waals surface area contributed by atoms with Crippen LogP contribution in [0.25, 0.3) is 5.69 Å². The summed E-state index contributed by atoms with van der Waals surface area (Å²) in [4.78, 5) is 67.9. The summed E-state index contributed by atoms with van der Waals surface area (Å²) in [7, 11) is 1.69. The average molecular weight is 756 g/mol. The van der Waals surface area contributed by atoms with Crippen molar-refractivity contribution in [2.24, 2.45) is 5.41 Å². The van der Waals surface area contributed by atoms with Crippen molar-refractivity contribution in [2.75, 3.05) is 25.5 Å². The van der Waals surface area contributed by atoms with Crippen molar-refractivity contribution in [1.29, 1.82) is 0 Å². The SMILES string of the molecule is CCC(CC)N(CCN(C)C(=O)CCC(=O)O)Cc1cccc(C(=O)Nc2sc3c(c2C(=O)c2cnn(-c4ccc(C(=O)O)cc4)c2)CCC(C)(C)C3)c1. The van der Waals surface area contributed by atoms with E-state index in [1.54, 1.807) is 36.3 Å². The van der Waals surface area contributed by atoms with E-state index in [-0.39, 0.29) is 47.5 Å². The van der Waals surface area contributed by atoms with Crippen LogP contribution in [0.5, 0.6) is 0 Å². The van der Waals surface area contributed by atoms with Crippen molar-refractivity contribution < 1.29 is 34.2 Å². The van der Waals surface area contributed by atoms with E-state index in [2.05, 4.69) is 43.0 Å². The standard InChI is InChI=1S/C41H49N5O7S/c1-6-30(7-2)45(20-19-44(5)34(47)15-16-35(48)49)24-26-9-8-10-28(21-26)38(51)43-39-36(32-17-18-41(3,4)22-33(32)54-39)37(50)29-23-42-46(25-29)31-13-11-27(12-14-31)40(52)53/h8-14,21,23,25,30H,6-7,15-20,22,24H2,1-5H3,(H,43,51)(H,48,49)(H,52,53). The molecule has 2 aromatic heterocycles. The molecule has 2 amide bonds. The fourth-order valence-corrected chi connectivity index (χ4v) is 8.44. The van der Waals surface area contributed by atoms with Crippen LogP contribution in [-0.4, -0.2) is 85.5 Å². The lowest BCUT2D eigenvalue weighted by atomic mass is 9.76. The number of amides is 2. The molecule has 12 nitrogen and oxygen atoms in total. The van der Waals surface area contributed by atoms with Crippen molar-refractivity contribution in [3.05, 3.63) is 99.2 Å². The Hall–Kier alpha value is -5.14. The molecule has 286 valence electrons. The van der Waals surface area contributed by atoms with Crippen molar-refractivity contribution >= 4 is 45.9 Å². The van der Waals surface area contributed by atoms with E-state index in [1.807, 2.05) is 18.2 Å². The second-order valence-corrected chi connectivity index (χ2v) is 15.8. The number of hydrogen-bond acceptors (Lipinski definition) is 8. The summed E-state index contributed by atoms with van der Waals surface area (Å²) >= 11 is 1.45. The number of fused-ring (bicyclic) bond motifs is 1. The van der Waals surface area contributed by atoms with Crippen molar-refractivity contribution in [1.82, 2.24) is 19.6 Å². The molecule has 0 saturated carbocycles. The summed E-state index contributed by atoms with van der Waals surface area (Å²) in [6, 6.07) is 13.9. The Morgan fingerprint density at radius 3 is 2.35 bits per heavy atom. The second-order valence-electron chi connectivity index (χ2n) is 14.7. The van der Waals surface area contributed by atoms with E-state index in [0.717, 1.165) is 41.7 Å². The van der Waals surface area contributed by atoms with Crippen LogP contribution >= 0.6 is 11.3 Å². The van der Waals surface area contributed by atoms with Gasteiger partial charge >= 0.3 is 11.9 Å². The lowest BCUT2D eigenvalue weighted by molar-refractivity contribution is -0.140. The van der Waals surface area contributed by atoms with Gasteiger partial charge in [-0.2, -0.15) is 5.10 Å². The monoisotopic (exact) mass is 755 g/mol. The molecule has 0 fully saturated rings. The number of rotatable bonds is 17. The first-order valence-corrected chi connectivity index (χ1v) is 19.2. The summed E-state index contributed by atoms with van der Waals surface area (Å²) in [6.45, 7) is 10.3. The Kier molecular flexibility index (Phi) is 12.9. The molecular weight excluding hydrogens is 707 g/mol. The van der Waals surface area contributed by atoms with E-state index in [9.17, 15) is 29.1 Å². The number of anilines is 1. The van der Waals surface area contributed by atoms with Crippen LogP contribution in [0.1, 0.15) is 112 Å². The highest BCUT2D eigenvalue weighted by molar-refractivity contribution is 7.17. The van der Waals surface area contributed by atoms with Gasteiger partial charge in [-0.3, -0.25) is 24.1 Å². The predicted molar refractivity (Wildman–Crippen MR) is 208 cm³/mol. The molecule has 2 aromatic carbocycles. The zero-order valence-corrected chi connectivity index (χ0v) is 32.4. The van der Waals surface area contributed by atoms with Gasteiger partial charge in [0.25, 0.3) is 5.91 Å². The lowest BCUT2D eigenvalue weighted by Crippen LogP contribution is -2.41. The number of aromatic carboxylic acids is 1. The topological polar surface area (TPSA) is 162 Å². The van der Waals surface area contributed by atoms with E-state index in [0.29, 0.717) is 53.4 Å². The molecule has 3 N–H and O–H groups in total. The number of ketones is 1. The fourth-order valence-electron chi connectivity index (χ4n) is 6.94. The largest absolute Gasteiger partial charge is 0.481 e. The van der Waals surface area contributed by atoms with Crippen LogP contribution in [0, 0.1) is 5.41 Å². The molecule has 54 heavy (non-hydrogen) atoms. The van der Waals surface area contributed by atoms with Gasteiger partial charge in [0.2, 0.25) is 5.91 Å². The van der Waals surface area contributed by atoms with Gasteiger partial charge in [-0.1, -0.05) is 39.8 Å². The van der Waals surface area contributed by atoms with Gasteiger partial charge in [-0.05, 0) is 85.0 Å². The predicted octanol–water partition coefficient (Wildman–Crippen LogP) is 6.94. The van der Waals surface area contributed by atoms with E-state index in [1.165, 1.54) is 34.3 Å². The number of carbonyl (C=O) groups excluding carboxylic acids is 3. The number of aromatic nitrogens is 2. The Labute approximate surface area is 319 Å². The molecule has 4 aromatic rings. The summed E-state index contributed by atoms with van der Waals surface area (Å²) in [5.41, 5.74) is 4.01. The maximum Gasteiger partial charge on any atom is 0.335 e. The fraction of sp³-hybridized carbons (Fsp3) is 0.415. The van der Waals surface area contributed by atoms with Crippen LogP contribution in [0.2, 0.25) is 0 Å². The van der Waals surface area contributed by atoms with Gasteiger partial charge < -0.3 is 20.4 Å². The van der Waals surface area contributed by atoms with Crippen LogP contribution in [-0.2, 0) is 29.0 Å². The lowest BCUT2D eigenvalue weighted by Gasteiger charge is -2.32. The van der Waals surface area contributed by atoms with Crippen molar-refractivity contribution in [2.45, 2.75) is 85.2 Å². The molecule has 0 saturated heterocycles. The van der Waals surface area contributed by atoms with Crippen LogP contribution in [0.3, 0.4) is 0 Å². The van der Waals surface area contributed by atoms with Gasteiger partial charge in [-0.25, -0.2) is 9.48 Å². The Morgan fingerprint density at radius 1 is 0.963 bits per heavy atom. The minimum atomic E-state index is -1.03. The zero-order valence-electron chi connectivity index (χ0n) is 31.6. The molecule has 1 aliphatic rings. The molecular formula is C41H49N5O7S.